The van der Waals surface area contributed by atoms with Crippen LogP contribution in [-0.2, 0) is 12.3 Å². The fourth-order valence-electron chi connectivity index (χ4n) is 0.716. The quantitative estimate of drug-likeness (QED) is 0.228. The monoisotopic (exact) mass is 257 g/mol. The molecule has 0 rings (SSSR count). The molecule has 0 amide bonds. The van der Waals surface area contributed by atoms with Crippen molar-refractivity contribution in [2.24, 2.45) is 17.2 Å². The van der Waals surface area contributed by atoms with Gasteiger partial charge in [-0.05, 0) is 12.5 Å². The Morgan fingerprint density at radius 1 is 1.15 bits per heavy atom. The zero-order chi connectivity index (χ0) is 10.2. The minimum absolute atomic E-state index is 0.522. The molecule has 0 aliphatic carbocycles. The van der Waals surface area contributed by atoms with Crippen molar-refractivity contribution in [1.29, 1.82) is 0 Å². The van der Waals surface area contributed by atoms with E-state index in [-0.39, 0.29) is 0 Å². The molecular weight excluding hydrogens is 238 g/mol. The van der Waals surface area contributed by atoms with Crippen LogP contribution in [0.4, 0.5) is 0 Å². The summed E-state index contributed by atoms with van der Waals surface area (Å²) < 4.78 is 15.6. The van der Waals surface area contributed by atoms with Gasteiger partial charge in [-0.15, -0.1) is 0 Å². The normalized spacial score (nSPS) is 15.0. The SMILES string of the molecule is NC(N)(N)CC[SiH2]O[SiH2]O[SiH2]O[SiH3]. The molecule has 6 nitrogen and oxygen atoms in total. The van der Waals surface area contributed by atoms with Gasteiger partial charge in [-0.2, -0.15) is 0 Å². The molecule has 0 unspecified atom stereocenters. The van der Waals surface area contributed by atoms with Crippen LogP contribution in [0.1, 0.15) is 6.42 Å². The van der Waals surface area contributed by atoms with E-state index in [1.54, 1.807) is 0 Å². The average molecular weight is 258 g/mol. The summed E-state index contributed by atoms with van der Waals surface area (Å²) >= 11 is 0. The highest BCUT2D eigenvalue weighted by Crippen LogP contribution is 1.94. The number of nitrogens with two attached hydrogens (primary N) is 3. The van der Waals surface area contributed by atoms with E-state index >= 15 is 0 Å². The molecule has 0 saturated heterocycles. The average Bonchev–Trinajstić information content (AvgIpc) is 2.01. The first-order valence-electron chi connectivity index (χ1n) is 4.07. The van der Waals surface area contributed by atoms with Gasteiger partial charge in [-0.25, -0.2) is 0 Å². The van der Waals surface area contributed by atoms with Gasteiger partial charge < -0.3 is 29.5 Å². The van der Waals surface area contributed by atoms with Crippen molar-refractivity contribution in [1.82, 2.24) is 0 Å². The van der Waals surface area contributed by atoms with Crippen molar-refractivity contribution in [3.05, 3.63) is 0 Å². The highest BCUT2D eigenvalue weighted by molar-refractivity contribution is 6.44. The molecule has 0 bridgehead atoms. The Morgan fingerprint density at radius 2 is 1.85 bits per heavy atom. The fraction of sp³-hybridized carbons (Fsp3) is 1.00. The predicted molar refractivity (Wildman–Crippen MR) is 63.5 cm³/mol. The summed E-state index contributed by atoms with van der Waals surface area (Å²) in [6.45, 7) is 0. The van der Waals surface area contributed by atoms with Gasteiger partial charge in [0.1, 0.15) is 26.0 Å². The fourth-order valence-corrected chi connectivity index (χ4v) is 6.73. The molecule has 80 valence electrons. The first-order valence-corrected chi connectivity index (χ1v) is 8.77. The lowest BCUT2D eigenvalue weighted by Gasteiger charge is -2.17. The van der Waals surface area contributed by atoms with Gasteiger partial charge in [-0.1, -0.05) is 0 Å². The molecule has 0 spiro atoms. The summed E-state index contributed by atoms with van der Waals surface area (Å²) in [4.78, 5) is 0. The van der Waals surface area contributed by atoms with Crippen LogP contribution in [0.3, 0.4) is 0 Å². The van der Waals surface area contributed by atoms with Gasteiger partial charge in [0.2, 0.25) is 0 Å². The molecule has 0 aliphatic heterocycles. The van der Waals surface area contributed by atoms with E-state index in [2.05, 4.69) is 0 Å². The molecular formula is C3H19N3O3Si4. The number of hydrogen-bond acceptors (Lipinski definition) is 6. The Labute approximate surface area is 88.5 Å². The first-order chi connectivity index (χ1) is 6.06. The van der Waals surface area contributed by atoms with Gasteiger partial charge in [-0.3, -0.25) is 0 Å². The maximum Gasteiger partial charge on any atom is 0.284 e. The smallest absolute Gasteiger partial charge is 0.284 e. The zero-order valence-corrected chi connectivity index (χ0v) is 14.2. The lowest BCUT2D eigenvalue weighted by molar-refractivity contribution is 0.422. The molecule has 0 aliphatic rings. The second kappa shape index (κ2) is 7.98. The van der Waals surface area contributed by atoms with E-state index in [0.717, 1.165) is 16.5 Å². The van der Waals surface area contributed by atoms with E-state index in [4.69, 9.17) is 29.5 Å². The van der Waals surface area contributed by atoms with Crippen LogP contribution in [0.15, 0.2) is 0 Å². The van der Waals surface area contributed by atoms with Crippen LogP contribution in [0, 0.1) is 0 Å². The third kappa shape index (κ3) is 12.6. The zero-order valence-electron chi connectivity index (χ0n) is 7.99. The second-order valence-electron chi connectivity index (χ2n) is 2.85. The lowest BCUT2D eigenvalue weighted by atomic mass is 10.3. The van der Waals surface area contributed by atoms with Gasteiger partial charge >= 0.3 is 0 Å². The van der Waals surface area contributed by atoms with E-state index < -0.39 is 35.6 Å². The van der Waals surface area contributed by atoms with E-state index in [1.165, 1.54) is 0 Å². The molecule has 0 aromatic heterocycles. The Kier molecular flexibility index (Phi) is 8.36. The number of rotatable bonds is 8. The molecule has 0 fully saturated rings. The molecule has 0 saturated carbocycles. The molecule has 0 aromatic rings. The Morgan fingerprint density at radius 3 is 2.38 bits per heavy atom. The summed E-state index contributed by atoms with van der Waals surface area (Å²) in [6.07, 6.45) is 0.613. The van der Waals surface area contributed by atoms with Crippen LogP contribution in [-0.4, -0.2) is 46.0 Å². The summed E-state index contributed by atoms with van der Waals surface area (Å²) in [7, 11) is -1.21. The van der Waals surface area contributed by atoms with Crippen LogP contribution >= 0.6 is 0 Å². The van der Waals surface area contributed by atoms with E-state index in [0.29, 0.717) is 6.42 Å². The summed E-state index contributed by atoms with van der Waals surface area (Å²) in [6, 6.07) is 0.906. The van der Waals surface area contributed by atoms with Crippen LogP contribution in [0.5, 0.6) is 0 Å². The van der Waals surface area contributed by atoms with Crippen molar-refractivity contribution < 1.29 is 12.3 Å². The summed E-state index contributed by atoms with van der Waals surface area (Å²) in [5.41, 5.74) is 16.2. The second-order valence-corrected chi connectivity index (χ2v) is 10.0. The standard InChI is InChI=1S/C3H19N3O3Si4/c4-3(5,6)1-2-11-8-13-9-12-7-10/h1-2,4-6,11-13H2,10H3. The van der Waals surface area contributed by atoms with Gasteiger partial charge in [0.25, 0.3) is 20.0 Å². The highest BCUT2D eigenvalue weighted by Gasteiger charge is 2.10. The van der Waals surface area contributed by atoms with E-state index in [9.17, 15) is 0 Å². The topological polar surface area (TPSA) is 106 Å². The molecule has 0 radical (unpaired) electrons. The molecule has 6 N–H and O–H groups in total. The molecule has 0 aromatic carbocycles. The molecule has 0 heterocycles. The number of hydrogen-bond donors (Lipinski definition) is 3. The van der Waals surface area contributed by atoms with Crippen molar-refractivity contribution in [2.75, 3.05) is 0 Å². The molecule has 0 atom stereocenters. The Hall–Kier alpha value is 0.628. The minimum Gasteiger partial charge on any atom is -0.449 e. The van der Waals surface area contributed by atoms with Crippen molar-refractivity contribution in [3.63, 3.8) is 0 Å². The van der Waals surface area contributed by atoms with Gasteiger partial charge in [0.05, 0.1) is 0 Å². The largest absolute Gasteiger partial charge is 0.449 e. The van der Waals surface area contributed by atoms with Crippen molar-refractivity contribution >= 4 is 40.3 Å². The van der Waals surface area contributed by atoms with Crippen LogP contribution < -0.4 is 17.2 Å². The third-order valence-corrected chi connectivity index (χ3v) is 6.01. The van der Waals surface area contributed by atoms with E-state index in [1.807, 2.05) is 0 Å². The first kappa shape index (κ1) is 13.6. The maximum absolute atomic E-state index is 5.39. The van der Waals surface area contributed by atoms with Gasteiger partial charge in [0, 0.05) is 0 Å². The van der Waals surface area contributed by atoms with Gasteiger partial charge in [0.15, 0.2) is 0 Å². The highest BCUT2D eigenvalue weighted by atomic mass is 28.4. The Bertz CT molecular complexity index is 123. The minimum atomic E-state index is -1.04. The molecule has 13 heavy (non-hydrogen) atoms. The van der Waals surface area contributed by atoms with Crippen molar-refractivity contribution in [2.45, 2.75) is 18.3 Å². The molecule has 10 heteroatoms. The Balaban J connectivity index is 3.00. The lowest BCUT2D eigenvalue weighted by Crippen LogP contribution is -2.57. The maximum atomic E-state index is 5.39. The van der Waals surface area contributed by atoms with Crippen LogP contribution in [0.25, 0.3) is 0 Å². The van der Waals surface area contributed by atoms with Crippen LogP contribution in [0.2, 0.25) is 6.04 Å². The third-order valence-electron chi connectivity index (χ3n) is 1.27. The summed E-state index contributed by atoms with van der Waals surface area (Å²) in [5.74, 6) is -1.04. The van der Waals surface area contributed by atoms with Crippen molar-refractivity contribution in [3.8, 4) is 0 Å². The predicted octanol–water partition coefficient (Wildman–Crippen LogP) is -5.26. The summed E-state index contributed by atoms with van der Waals surface area (Å²) in [5, 5.41) is 0.